The first kappa shape index (κ1) is 14.5. The minimum absolute atomic E-state index is 0.233. The van der Waals surface area contributed by atoms with Crippen LogP contribution in [0.5, 0.6) is 0 Å². The molecule has 2 aromatic rings. The maximum atomic E-state index is 12.0. The fraction of sp³-hybridized carbons (Fsp3) is 0.385. The van der Waals surface area contributed by atoms with Crippen molar-refractivity contribution < 1.29 is 18.3 Å². The number of aliphatic hydroxyl groups is 1. The minimum atomic E-state index is -1.42. The molecular formula is C13H14F3N3O. The van der Waals surface area contributed by atoms with E-state index in [1.165, 1.54) is 0 Å². The Morgan fingerprint density at radius 2 is 1.90 bits per heavy atom. The Balaban J connectivity index is 0.000000151. The van der Waals surface area contributed by atoms with Gasteiger partial charge < -0.3 is 5.11 Å². The number of nitrogens with zero attached hydrogens (tertiary/aromatic N) is 3. The van der Waals surface area contributed by atoms with Gasteiger partial charge in [-0.1, -0.05) is 6.07 Å². The molecule has 108 valence electrons. The summed E-state index contributed by atoms with van der Waals surface area (Å²) in [5.41, 5.74) is 0. The van der Waals surface area contributed by atoms with E-state index in [0.717, 1.165) is 42.7 Å². The number of aryl methyl sites for hydroxylation is 2. The van der Waals surface area contributed by atoms with Gasteiger partial charge in [-0.15, -0.1) is 0 Å². The predicted molar refractivity (Wildman–Crippen MR) is 65.4 cm³/mol. The number of halogens is 3. The molecule has 0 saturated heterocycles. The molecule has 0 spiro atoms. The second-order valence-corrected chi connectivity index (χ2v) is 4.49. The fourth-order valence-corrected chi connectivity index (χ4v) is 1.89. The lowest BCUT2D eigenvalue weighted by atomic mass is 10.1. The van der Waals surface area contributed by atoms with Crippen LogP contribution in [0.25, 0.3) is 0 Å². The Hall–Kier alpha value is -1.89. The summed E-state index contributed by atoms with van der Waals surface area (Å²) in [6, 6.07) is 2.82. The lowest BCUT2D eigenvalue weighted by molar-refractivity contribution is 0.124. The van der Waals surface area contributed by atoms with E-state index < -0.39 is 17.5 Å². The number of aliphatic hydroxyl groups excluding tert-OH is 1. The van der Waals surface area contributed by atoms with Crippen LogP contribution in [0.3, 0.4) is 0 Å². The monoisotopic (exact) mass is 285 g/mol. The number of aromatic nitrogens is 3. The van der Waals surface area contributed by atoms with E-state index in [1.807, 2.05) is 6.92 Å². The van der Waals surface area contributed by atoms with Crippen molar-refractivity contribution in [1.82, 2.24) is 14.8 Å². The van der Waals surface area contributed by atoms with Crippen LogP contribution in [0.4, 0.5) is 13.2 Å². The molecule has 0 radical (unpaired) electrons. The maximum absolute atomic E-state index is 12.0. The molecule has 1 aliphatic rings. The zero-order valence-corrected chi connectivity index (χ0v) is 10.9. The Labute approximate surface area is 113 Å². The number of hydrogen-bond donors (Lipinski definition) is 1. The van der Waals surface area contributed by atoms with E-state index in [1.54, 1.807) is 4.68 Å². The van der Waals surface area contributed by atoms with Crippen molar-refractivity contribution in [3.63, 3.8) is 0 Å². The van der Waals surface area contributed by atoms with Gasteiger partial charge in [0, 0.05) is 6.42 Å². The zero-order valence-electron chi connectivity index (χ0n) is 10.9. The van der Waals surface area contributed by atoms with Crippen LogP contribution in [-0.2, 0) is 13.0 Å². The molecule has 20 heavy (non-hydrogen) atoms. The fourth-order valence-electron chi connectivity index (χ4n) is 1.89. The van der Waals surface area contributed by atoms with Crippen LogP contribution < -0.4 is 0 Å². The Bertz CT molecular complexity index is 580. The minimum Gasteiger partial charge on any atom is -0.391 e. The van der Waals surface area contributed by atoms with E-state index in [-0.39, 0.29) is 6.10 Å². The molecule has 1 N–H and O–H groups in total. The normalized spacial score (nSPS) is 17.1. The number of hydrogen-bond acceptors (Lipinski definition) is 3. The van der Waals surface area contributed by atoms with Crippen molar-refractivity contribution in [3.05, 3.63) is 47.3 Å². The SMILES string of the molecule is Cc1nc2n(n1)CC(O)CC2.Fc1cccc(F)c1F. The summed E-state index contributed by atoms with van der Waals surface area (Å²) in [4.78, 5) is 4.23. The van der Waals surface area contributed by atoms with E-state index >= 15 is 0 Å². The van der Waals surface area contributed by atoms with Gasteiger partial charge in [-0.2, -0.15) is 5.10 Å². The molecule has 0 fully saturated rings. The quantitative estimate of drug-likeness (QED) is 0.753. The molecule has 3 rings (SSSR count). The van der Waals surface area contributed by atoms with Crippen LogP contribution in [0.1, 0.15) is 18.1 Å². The molecule has 0 aliphatic carbocycles. The molecule has 1 atom stereocenters. The summed E-state index contributed by atoms with van der Waals surface area (Å²) in [6.07, 6.45) is 1.43. The number of rotatable bonds is 0. The molecule has 4 nitrogen and oxygen atoms in total. The van der Waals surface area contributed by atoms with Crippen LogP contribution in [0.2, 0.25) is 0 Å². The predicted octanol–water partition coefficient (Wildman–Crippen LogP) is 2.00. The summed E-state index contributed by atoms with van der Waals surface area (Å²) < 4.78 is 37.7. The summed E-state index contributed by atoms with van der Waals surface area (Å²) in [7, 11) is 0. The van der Waals surface area contributed by atoms with Crippen molar-refractivity contribution in [2.45, 2.75) is 32.4 Å². The van der Waals surface area contributed by atoms with Gasteiger partial charge in [-0.05, 0) is 25.5 Å². The first-order valence-corrected chi connectivity index (χ1v) is 6.15. The topological polar surface area (TPSA) is 50.9 Å². The van der Waals surface area contributed by atoms with Crippen molar-refractivity contribution in [2.24, 2.45) is 0 Å². The molecule has 2 heterocycles. The summed E-state index contributed by atoms with van der Waals surface area (Å²) in [5, 5.41) is 13.4. The second-order valence-electron chi connectivity index (χ2n) is 4.49. The molecule has 1 aromatic heterocycles. The standard InChI is InChI=1S/C7H11N3O.C6H3F3/c1-5-8-7-3-2-6(11)4-10(7)9-5;7-4-2-1-3-5(8)6(4)9/h6,11H,2-4H2,1H3;1-3H. The van der Waals surface area contributed by atoms with E-state index in [9.17, 15) is 18.3 Å². The van der Waals surface area contributed by atoms with Gasteiger partial charge in [0.1, 0.15) is 11.6 Å². The average Bonchev–Trinajstić information content (AvgIpc) is 2.76. The largest absolute Gasteiger partial charge is 0.391 e. The van der Waals surface area contributed by atoms with Crippen molar-refractivity contribution in [3.8, 4) is 0 Å². The molecule has 7 heteroatoms. The Kier molecular flexibility index (Phi) is 4.39. The third kappa shape index (κ3) is 3.36. The third-order valence-electron chi connectivity index (χ3n) is 2.84. The summed E-state index contributed by atoms with van der Waals surface area (Å²) >= 11 is 0. The zero-order chi connectivity index (χ0) is 14.7. The molecule has 1 aliphatic heterocycles. The third-order valence-corrected chi connectivity index (χ3v) is 2.84. The first-order valence-electron chi connectivity index (χ1n) is 6.15. The highest BCUT2D eigenvalue weighted by Crippen LogP contribution is 2.12. The van der Waals surface area contributed by atoms with E-state index in [4.69, 9.17) is 0 Å². The van der Waals surface area contributed by atoms with E-state index in [0.29, 0.717) is 6.54 Å². The van der Waals surface area contributed by atoms with Crippen LogP contribution >= 0.6 is 0 Å². The molecule has 0 saturated carbocycles. The van der Waals surface area contributed by atoms with Crippen molar-refractivity contribution in [2.75, 3.05) is 0 Å². The maximum Gasteiger partial charge on any atom is 0.194 e. The summed E-state index contributed by atoms with van der Waals surface area (Å²) in [6.45, 7) is 2.48. The molecule has 1 aromatic carbocycles. The molecule has 1 unspecified atom stereocenters. The van der Waals surface area contributed by atoms with Gasteiger partial charge in [0.25, 0.3) is 0 Å². The molecule has 0 bridgehead atoms. The number of benzene rings is 1. The second kappa shape index (κ2) is 6.04. The average molecular weight is 285 g/mol. The highest BCUT2D eigenvalue weighted by molar-refractivity contribution is 5.07. The highest BCUT2D eigenvalue weighted by Gasteiger charge is 2.18. The van der Waals surface area contributed by atoms with Gasteiger partial charge in [0.15, 0.2) is 17.5 Å². The lowest BCUT2D eigenvalue weighted by Gasteiger charge is -2.16. The van der Waals surface area contributed by atoms with Crippen LogP contribution in [0.15, 0.2) is 18.2 Å². The van der Waals surface area contributed by atoms with E-state index in [2.05, 4.69) is 10.1 Å². The Morgan fingerprint density at radius 3 is 2.50 bits per heavy atom. The number of fused-ring (bicyclic) bond motifs is 1. The van der Waals surface area contributed by atoms with Crippen molar-refractivity contribution in [1.29, 1.82) is 0 Å². The van der Waals surface area contributed by atoms with Crippen LogP contribution in [-0.4, -0.2) is 26.0 Å². The molecular weight excluding hydrogens is 271 g/mol. The summed E-state index contributed by atoms with van der Waals surface area (Å²) in [5.74, 6) is -1.93. The van der Waals surface area contributed by atoms with Crippen molar-refractivity contribution >= 4 is 0 Å². The Morgan fingerprint density at radius 1 is 1.25 bits per heavy atom. The van der Waals surface area contributed by atoms with Gasteiger partial charge in [0.05, 0.1) is 12.6 Å². The van der Waals surface area contributed by atoms with Gasteiger partial charge in [-0.25, -0.2) is 22.8 Å². The smallest absolute Gasteiger partial charge is 0.194 e. The van der Waals surface area contributed by atoms with Gasteiger partial charge in [-0.3, -0.25) is 0 Å². The molecule has 0 amide bonds. The van der Waals surface area contributed by atoms with Gasteiger partial charge >= 0.3 is 0 Å². The highest BCUT2D eigenvalue weighted by atomic mass is 19.2. The lowest BCUT2D eigenvalue weighted by Crippen LogP contribution is -2.25. The first-order chi connectivity index (χ1) is 9.47. The van der Waals surface area contributed by atoms with Gasteiger partial charge in [0.2, 0.25) is 0 Å². The van der Waals surface area contributed by atoms with Crippen LogP contribution in [0, 0.1) is 24.4 Å².